The second-order valence-corrected chi connectivity index (χ2v) is 7.46. The molecule has 0 spiro atoms. The highest BCUT2D eigenvalue weighted by molar-refractivity contribution is 6.01. The van der Waals surface area contributed by atoms with Crippen molar-refractivity contribution in [3.8, 4) is 0 Å². The van der Waals surface area contributed by atoms with Gasteiger partial charge in [0.15, 0.2) is 0 Å². The van der Waals surface area contributed by atoms with Gasteiger partial charge in [-0.1, -0.05) is 37.3 Å². The van der Waals surface area contributed by atoms with Gasteiger partial charge in [-0.25, -0.2) is 0 Å². The number of nitrogens with one attached hydrogen (secondary N) is 2. The van der Waals surface area contributed by atoms with Crippen LogP contribution in [-0.4, -0.2) is 30.8 Å². The highest BCUT2D eigenvalue weighted by atomic mass is 16.2. The minimum absolute atomic E-state index is 0.0746. The Morgan fingerprint density at radius 1 is 1.07 bits per heavy atom. The van der Waals surface area contributed by atoms with E-state index in [1.165, 1.54) is 5.56 Å². The van der Waals surface area contributed by atoms with E-state index in [1.807, 2.05) is 56.3 Å². The molecule has 152 valence electrons. The van der Waals surface area contributed by atoms with Crippen molar-refractivity contribution < 1.29 is 14.4 Å². The smallest absolute Gasteiger partial charge is 0.243 e. The van der Waals surface area contributed by atoms with Crippen LogP contribution < -0.4 is 15.5 Å². The summed E-state index contributed by atoms with van der Waals surface area (Å²) in [6, 6.07) is 13.6. The Kier molecular flexibility index (Phi) is 6.32. The quantitative estimate of drug-likeness (QED) is 0.792. The molecule has 1 atom stereocenters. The lowest BCUT2D eigenvalue weighted by atomic mass is 10.1. The molecule has 1 saturated heterocycles. The molecule has 3 rings (SSSR count). The summed E-state index contributed by atoms with van der Waals surface area (Å²) < 4.78 is 0. The number of hydrogen-bond donors (Lipinski definition) is 2. The zero-order chi connectivity index (χ0) is 21.0. The second kappa shape index (κ2) is 8.90. The number of benzene rings is 2. The molecule has 0 aromatic heterocycles. The van der Waals surface area contributed by atoms with Crippen molar-refractivity contribution in [2.75, 3.05) is 23.3 Å². The molecule has 0 saturated carbocycles. The molecule has 1 aliphatic heterocycles. The Morgan fingerprint density at radius 3 is 2.34 bits per heavy atom. The number of nitrogens with zero attached hydrogens (tertiary/aromatic N) is 1. The molecule has 0 bridgehead atoms. The van der Waals surface area contributed by atoms with Gasteiger partial charge in [-0.15, -0.1) is 0 Å². The average molecular weight is 393 g/mol. The molecule has 2 aromatic rings. The van der Waals surface area contributed by atoms with Gasteiger partial charge < -0.3 is 15.5 Å². The molecule has 0 aliphatic carbocycles. The van der Waals surface area contributed by atoms with E-state index < -0.39 is 5.92 Å². The standard InChI is InChI=1S/C23H27N3O3/c1-4-17-8-10-19(11-9-17)26-14-18(12-21(26)28)23(29)24-13-20(27)25-22-15(2)6-5-7-16(22)3/h5-11,18H,4,12-14H2,1-3H3,(H,24,29)(H,25,27)/t18-/m0/s1. The first-order valence-corrected chi connectivity index (χ1v) is 9.92. The molecular formula is C23H27N3O3. The molecular weight excluding hydrogens is 366 g/mol. The number of anilines is 2. The van der Waals surface area contributed by atoms with Crippen LogP contribution in [-0.2, 0) is 20.8 Å². The third-order valence-electron chi connectivity index (χ3n) is 5.32. The summed E-state index contributed by atoms with van der Waals surface area (Å²) in [6.45, 7) is 6.13. The Morgan fingerprint density at radius 2 is 1.72 bits per heavy atom. The van der Waals surface area contributed by atoms with Gasteiger partial charge in [-0.3, -0.25) is 14.4 Å². The first-order chi connectivity index (χ1) is 13.9. The van der Waals surface area contributed by atoms with Gasteiger partial charge in [0, 0.05) is 24.3 Å². The van der Waals surface area contributed by atoms with E-state index in [9.17, 15) is 14.4 Å². The van der Waals surface area contributed by atoms with Gasteiger partial charge in [0.2, 0.25) is 17.7 Å². The number of hydrogen-bond acceptors (Lipinski definition) is 3. The summed E-state index contributed by atoms with van der Waals surface area (Å²) in [5.41, 5.74) is 4.70. The van der Waals surface area contributed by atoms with E-state index in [-0.39, 0.29) is 30.7 Å². The molecule has 1 aliphatic rings. The summed E-state index contributed by atoms with van der Waals surface area (Å²) >= 11 is 0. The molecule has 2 aromatic carbocycles. The van der Waals surface area contributed by atoms with E-state index >= 15 is 0 Å². The van der Waals surface area contributed by atoms with Gasteiger partial charge >= 0.3 is 0 Å². The van der Waals surface area contributed by atoms with E-state index in [4.69, 9.17) is 0 Å². The molecule has 6 nitrogen and oxygen atoms in total. The summed E-state index contributed by atoms with van der Waals surface area (Å²) in [4.78, 5) is 38.7. The van der Waals surface area contributed by atoms with Crippen LogP contribution in [0.4, 0.5) is 11.4 Å². The third kappa shape index (κ3) is 4.83. The van der Waals surface area contributed by atoms with Gasteiger partial charge in [-0.05, 0) is 49.1 Å². The molecule has 2 N–H and O–H groups in total. The Hall–Kier alpha value is -3.15. The van der Waals surface area contributed by atoms with E-state index in [0.29, 0.717) is 6.54 Å². The predicted octanol–water partition coefficient (Wildman–Crippen LogP) is 2.97. The maximum absolute atomic E-state index is 12.5. The van der Waals surface area contributed by atoms with Gasteiger partial charge in [0.05, 0.1) is 12.5 Å². The maximum Gasteiger partial charge on any atom is 0.243 e. The van der Waals surface area contributed by atoms with Gasteiger partial charge in [0.1, 0.15) is 0 Å². The predicted molar refractivity (Wildman–Crippen MR) is 114 cm³/mol. The van der Waals surface area contributed by atoms with Crippen molar-refractivity contribution in [2.45, 2.75) is 33.6 Å². The zero-order valence-corrected chi connectivity index (χ0v) is 17.1. The van der Waals surface area contributed by atoms with Crippen LogP contribution in [0.2, 0.25) is 0 Å². The Balaban J connectivity index is 1.54. The van der Waals surface area contributed by atoms with Crippen LogP contribution in [0.3, 0.4) is 0 Å². The fraction of sp³-hybridized carbons (Fsp3) is 0.348. The zero-order valence-electron chi connectivity index (χ0n) is 17.1. The lowest BCUT2D eigenvalue weighted by Crippen LogP contribution is -2.38. The first-order valence-electron chi connectivity index (χ1n) is 9.92. The number of carbonyl (C=O) groups is 3. The van der Waals surface area contributed by atoms with Crippen LogP contribution in [0, 0.1) is 19.8 Å². The lowest BCUT2D eigenvalue weighted by molar-refractivity contribution is -0.127. The monoisotopic (exact) mass is 393 g/mol. The van der Waals surface area contributed by atoms with Crippen molar-refractivity contribution in [3.05, 3.63) is 59.2 Å². The van der Waals surface area contributed by atoms with Crippen molar-refractivity contribution in [1.82, 2.24) is 5.32 Å². The van der Waals surface area contributed by atoms with E-state index in [1.54, 1.807) is 4.90 Å². The van der Waals surface area contributed by atoms with Crippen molar-refractivity contribution in [1.29, 1.82) is 0 Å². The molecule has 0 radical (unpaired) electrons. The number of rotatable bonds is 6. The first kappa shape index (κ1) is 20.6. The van der Waals surface area contributed by atoms with Crippen LogP contribution in [0.25, 0.3) is 0 Å². The average Bonchev–Trinajstić information content (AvgIpc) is 3.11. The number of carbonyl (C=O) groups excluding carboxylic acids is 3. The van der Waals surface area contributed by atoms with Crippen molar-refractivity contribution in [2.24, 2.45) is 5.92 Å². The Bertz CT molecular complexity index is 901. The van der Waals surface area contributed by atoms with Crippen LogP contribution in [0.15, 0.2) is 42.5 Å². The fourth-order valence-corrected chi connectivity index (χ4v) is 3.55. The molecule has 0 unspecified atom stereocenters. The van der Waals surface area contributed by atoms with Crippen LogP contribution >= 0.6 is 0 Å². The molecule has 3 amide bonds. The normalized spacial score (nSPS) is 16.0. The molecule has 6 heteroatoms. The SMILES string of the molecule is CCc1ccc(N2C[C@@H](C(=O)NCC(=O)Nc3c(C)cccc3C)CC2=O)cc1. The molecule has 29 heavy (non-hydrogen) atoms. The van der Waals surface area contributed by atoms with Crippen LogP contribution in [0.1, 0.15) is 30.0 Å². The summed E-state index contributed by atoms with van der Waals surface area (Å²) in [5.74, 6) is -1.09. The van der Waals surface area contributed by atoms with E-state index in [2.05, 4.69) is 17.6 Å². The number of amides is 3. The largest absolute Gasteiger partial charge is 0.347 e. The number of aryl methyl sites for hydroxylation is 3. The summed E-state index contributed by atoms with van der Waals surface area (Å²) in [5, 5.41) is 5.51. The highest BCUT2D eigenvalue weighted by Crippen LogP contribution is 2.25. The summed E-state index contributed by atoms with van der Waals surface area (Å²) in [7, 11) is 0. The second-order valence-electron chi connectivity index (χ2n) is 7.46. The highest BCUT2D eigenvalue weighted by Gasteiger charge is 2.35. The minimum atomic E-state index is -0.457. The minimum Gasteiger partial charge on any atom is -0.347 e. The topological polar surface area (TPSA) is 78.5 Å². The fourth-order valence-electron chi connectivity index (χ4n) is 3.55. The van der Waals surface area contributed by atoms with Crippen molar-refractivity contribution >= 4 is 29.1 Å². The molecule has 1 heterocycles. The van der Waals surface area contributed by atoms with E-state index in [0.717, 1.165) is 28.9 Å². The Labute approximate surface area is 171 Å². The summed E-state index contributed by atoms with van der Waals surface area (Å²) in [6.07, 6.45) is 1.09. The van der Waals surface area contributed by atoms with Crippen molar-refractivity contribution in [3.63, 3.8) is 0 Å². The van der Waals surface area contributed by atoms with Gasteiger partial charge in [-0.2, -0.15) is 0 Å². The van der Waals surface area contributed by atoms with Crippen LogP contribution in [0.5, 0.6) is 0 Å². The maximum atomic E-state index is 12.5. The van der Waals surface area contributed by atoms with Gasteiger partial charge in [0.25, 0.3) is 0 Å². The number of para-hydroxylation sites is 1. The lowest BCUT2D eigenvalue weighted by Gasteiger charge is -2.17. The third-order valence-corrected chi connectivity index (χ3v) is 5.32. The molecule has 1 fully saturated rings.